The number of hydrogen-bond acceptors (Lipinski definition) is 4. The number of carboxylic acids is 1. The van der Waals surface area contributed by atoms with Crippen LogP contribution in [0.3, 0.4) is 0 Å². The van der Waals surface area contributed by atoms with Crippen molar-refractivity contribution in [3.05, 3.63) is 45.4 Å². The Labute approximate surface area is 161 Å². The van der Waals surface area contributed by atoms with Crippen molar-refractivity contribution < 1.29 is 9.90 Å². The molecule has 3 aromatic rings. The first kappa shape index (κ1) is 18.0. The summed E-state index contributed by atoms with van der Waals surface area (Å²) >= 11 is 1.64. The number of carbonyl (C=O) groups is 1. The molecule has 0 amide bonds. The van der Waals surface area contributed by atoms with Crippen LogP contribution < -0.4 is 5.56 Å². The zero-order valence-electron chi connectivity index (χ0n) is 15.5. The third-order valence-electron chi connectivity index (χ3n) is 5.36. The minimum atomic E-state index is -1.19. The molecule has 7 heteroatoms. The van der Waals surface area contributed by atoms with E-state index in [0.29, 0.717) is 6.42 Å². The van der Waals surface area contributed by atoms with Crippen LogP contribution in [-0.4, -0.2) is 38.6 Å². The molecule has 6 nitrogen and oxygen atoms in total. The van der Waals surface area contributed by atoms with Crippen LogP contribution in [0.5, 0.6) is 0 Å². The van der Waals surface area contributed by atoms with Gasteiger partial charge in [-0.15, -0.1) is 11.3 Å². The molecule has 0 bridgehead atoms. The third kappa shape index (κ3) is 3.21. The van der Waals surface area contributed by atoms with E-state index in [-0.39, 0.29) is 5.56 Å². The molecule has 1 fully saturated rings. The number of pyridine rings is 1. The number of rotatable bonds is 5. The van der Waals surface area contributed by atoms with Crippen LogP contribution in [0.15, 0.2) is 23.0 Å². The first-order valence-corrected chi connectivity index (χ1v) is 10.1. The summed E-state index contributed by atoms with van der Waals surface area (Å²) in [5, 5.41) is 10.4. The van der Waals surface area contributed by atoms with Crippen LogP contribution in [0.1, 0.15) is 41.4 Å². The van der Waals surface area contributed by atoms with Crippen LogP contribution in [0.4, 0.5) is 0 Å². The van der Waals surface area contributed by atoms with Crippen molar-refractivity contribution in [1.29, 1.82) is 0 Å². The SMILES string of the molecule is CCc1cc(C(=O)O)c(=O)[nH]c1-c1cc2cc(CN3CCCC3)n(C)c2s1. The van der Waals surface area contributed by atoms with Gasteiger partial charge in [-0.2, -0.15) is 0 Å². The lowest BCUT2D eigenvalue weighted by Gasteiger charge is -2.15. The number of aromatic carboxylic acids is 1. The van der Waals surface area contributed by atoms with Crippen LogP contribution in [0.25, 0.3) is 20.8 Å². The van der Waals surface area contributed by atoms with Gasteiger partial charge in [0.1, 0.15) is 10.4 Å². The van der Waals surface area contributed by atoms with E-state index >= 15 is 0 Å². The van der Waals surface area contributed by atoms with E-state index in [0.717, 1.165) is 28.1 Å². The smallest absolute Gasteiger partial charge is 0.341 e. The number of hydrogen-bond donors (Lipinski definition) is 2. The number of aromatic nitrogens is 2. The van der Waals surface area contributed by atoms with Gasteiger partial charge in [0.15, 0.2) is 0 Å². The molecule has 27 heavy (non-hydrogen) atoms. The highest BCUT2D eigenvalue weighted by atomic mass is 32.1. The summed E-state index contributed by atoms with van der Waals surface area (Å²) < 4.78 is 2.23. The van der Waals surface area contributed by atoms with Gasteiger partial charge in [-0.25, -0.2) is 4.79 Å². The second-order valence-corrected chi connectivity index (χ2v) is 8.15. The van der Waals surface area contributed by atoms with Crippen LogP contribution >= 0.6 is 11.3 Å². The lowest BCUT2D eigenvalue weighted by molar-refractivity contribution is 0.0695. The van der Waals surface area contributed by atoms with Crippen molar-refractivity contribution >= 4 is 27.5 Å². The van der Waals surface area contributed by atoms with E-state index in [2.05, 4.69) is 33.6 Å². The Kier molecular flexibility index (Phi) is 4.65. The molecule has 3 aromatic heterocycles. The lowest BCUT2D eigenvalue weighted by atomic mass is 10.1. The molecular weight excluding hydrogens is 362 g/mol. The largest absolute Gasteiger partial charge is 0.477 e. The molecule has 0 aromatic carbocycles. The predicted octanol–water partition coefficient (Wildman–Crippen LogP) is 3.45. The molecule has 0 radical (unpaired) electrons. The van der Waals surface area contributed by atoms with E-state index in [1.807, 2.05) is 6.92 Å². The van der Waals surface area contributed by atoms with Gasteiger partial charge < -0.3 is 14.7 Å². The summed E-state index contributed by atoms with van der Waals surface area (Å²) in [5.74, 6) is -1.19. The number of fused-ring (bicyclic) bond motifs is 1. The van der Waals surface area contributed by atoms with E-state index in [9.17, 15) is 14.7 Å². The zero-order valence-corrected chi connectivity index (χ0v) is 16.4. The average Bonchev–Trinajstić information content (AvgIpc) is 3.34. The zero-order chi connectivity index (χ0) is 19.1. The Morgan fingerprint density at radius 3 is 2.63 bits per heavy atom. The number of thiophene rings is 1. The molecule has 0 spiro atoms. The van der Waals surface area contributed by atoms with Crippen LogP contribution in [0.2, 0.25) is 0 Å². The summed E-state index contributed by atoms with van der Waals surface area (Å²) in [6, 6.07) is 5.82. The molecular formula is C20H23N3O3S. The quantitative estimate of drug-likeness (QED) is 0.705. The van der Waals surface area contributed by atoms with E-state index in [1.165, 1.54) is 42.5 Å². The number of nitrogens with zero attached hydrogens (tertiary/aromatic N) is 2. The van der Waals surface area contributed by atoms with E-state index < -0.39 is 11.5 Å². The minimum absolute atomic E-state index is 0.204. The Morgan fingerprint density at radius 2 is 2.00 bits per heavy atom. The maximum Gasteiger partial charge on any atom is 0.341 e. The molecule has 4 heterocycles. The monoisotopic (exact) mass is 385 g/mol. The van der Waals surface area contributed by atoms with Crippen molar-refractivity contribution in [3.8, 4) is 10.6 Å². The molecule has 0 atom stereocenters. The molecule has 0 unspecified atom stereocenters. The van der Waals surface area contributed by atoms with Gasteiger partial charge in [0.25, 0.3) is 5.56 Å². The highest BCUT2D eigenvalue weighted by molar-refractivity contribution is 7.21. The standard InChI is InChI=1S/C20H23N3O3S/c1-3-12-9-15(20(25)26)18(24)21-17(12)16-10-13-8-14(22(2)19(13)27-16)11-23-6-4-5-7-23/h8-10H,3-7,11H2,1-2H3,(H,21,24)(H,25,26). The van der Waals surface area contributed by atoms with Gasteiger partial charge in [0.2, 0.25) is 0 Å². The van der Waals surface area contributed by atoms with Crippen molar-refractivity contribution in [2.45, 2.75) is 32.7 Å². The highest BCUT2D eigenvalue weighted by Crippen LogP contribution is 2.36. The van der Waals surface area contributed by atoms with Gasteiger partial charge >= 0.3 is 5.97 Å². The topological polar surface area (TPSA) is 78.3 Å². The molecule has 1 aliphatic heterocycles. The molecule has 1 saturated heterocycles. The fraction of sp³-hybridized carbons (Fsp3) is 0.400. The van der Waals surface area contributed by atoms with E-state index in [4.69, 9.17) is 0 Å². The number of likely N-dealkylation sites (tertiary alicyclic amines) is 1. The number of nitrogens with one attached hydrogen (secondary N) is 1. The van der Waals surface area contributed by atoms with Crippen molar-refractivity contribution in [2.24, 2.45) is 7.05 Å². The minimum Gasteiger partial charge on any atom is -0.477 e. The number of aryl methyl sites for hydroxylation is 2. The van der Waals surface area contributed by atoms with Gasteiger partial charge in [0.05, 0.1) is 10.6 Å². The summed E-state index contributed by atoms with van der Waals surface area (Å²) in [7, 11) is 2.09. The molecule has 142 valence electrons. The summed E-state index contributed by atoms with van der Waals surface area (Å²) in [6.07, 6.45) is 3.21. The first-order valence-electron chi connectivity index (χ1n) is 9.28. The maximum atomic E-state index is 12.1. The van der Waals surface area contributed by atoms with Gasteiger partial charge in [-0.05, 0) is 56.1 Å². The van der Waals surface area contributed by atoms with Crippen molar-refractivity contribution in [3.63, 3.8) is 0 Å². The second kappa shape index (κ2) is 6.98. The number of carboxylic acid groups (broad SMARTS) is 1. The molecule has 1 aliphatic rings. The molecule has 4 rings (SSSR count). The van der Waals surface area contributed by atoms with Gasteiger partial charge in [-0.1, -0.05) is 6.92 Å². The highest BCUT2D eigenvalue weighted by Gasteiger charge is 2.19. The van der Waals surface area contributed by atoms with Crippen molar-refractivity contribution in [1.82, 2.24) is 14.5 Å². The molecule has 0 saturated carbocycles. The molecule has 2 N–H and O–H groups in total. The second-order valence-electron chi connectivity index (χ2n) is 7.12. The average molecular weight is 385 g/mol. The van der Waals surface area contributed by atoms with E-state index in [1.54, 1.807) is 11.3 Å². The van der Waals surface area contributed by atoms with Crippen LogP contribution in [0, 0.1) is 0 Å². The lowest BCUT2D eigenvalue weighted by Crippen LogP contribution is -2.19. The number of aromatic amines is 1. The summed E-state index contributed by atoms with van der Waals surface area (Å²) in [4.78, 5) is 30.8. The van der Waals surface area contributed by atoms with Crippen molar-refractivity contribution in [2.75, 3.05) is 13.1 Å². The molecule has 0 aliphatic carbocycles. The normalized spacial score (nSPS) is 15.0. The maximum absolute atomic E-state index is 12.1. The number of H-pyrrole nitrogens is 1. The van der Waals surface area contributed by atoms with Crippen LogP contribution in [-0.2, 0) is 20.0 Å². The van der Waals surface area contributed by atoms with Gasteiger partial charge in [-0.3, -0.25) is 9.69 Å². The summed E-state index contributed by atoms with van der Waals surface area (Å²) in [5.41, 5.74) is 2.12. The Bertz CT molecular complexity index is 1070. The fourth-order valence-electron chi connectivity index (χ4n) is 3.84. The Morgan fingerprint density at radius 1 is 1.26 bits per heavy atom. The Hall–Kier alpha value is -2.38. The fourth-order valence-corrected chi connectivity index (χ4v) is 5.01. The third-order valence-corrected chi connectivity index (χ3v) is 6.61. The predicted molar refractivity (Wildman–Crippen MR) is 108 cm³/mol. The summed E-state index contributed by atoms with van der Waals surface area (Å²) in [6.45, 7) is 5.27. The van der Waals surface area contributed by atoms with Gasteiger partial charge in [0, 0.05) is 24.7 Å². The first-order chi connectivity index (χ1) is 13.0. The Balaban J connectivity index is 1.73.